The topological polar surface area (TPSA) is 104 Å². The van der Waals surface area contributed by atoms with Crippen LogP contribution in [0.25, 0.3) is 0 Å². The summed E-state index contributed by atoms with van der Waals surface area (Å²) in [5.41, 5.74) is 0. The number of carbonyl (C=O) groups is 1. The minimum Gasteiger partial charge on any atom is -0.480 e. The number of nitrogens with one attached hydrogen (secondary N) is 1. The number of thiophene rings is 1. The summed E-state index contributed by atoms with van der Waals surface area (Å²) in [4.78, 5) is 11.6. The first kappa shape index (κ1) is 14.1. The van der Waals surface area contributed by atoms with Crippen LogP contribution in [0.15, 0.2) is 16.3 Å². The van der Waals surface area contributed by atoms with E-state index >= 15 is 0 Å². The lowest BCUT2D eigenvalue weighted by Gasteiger charge is -2.16. The molecule has 0 radical (unpaired) electrons. The van der Waals surface area contributed by atoms with E-state index in [1.807, 2.05) is 4.72 Å². The van der Waals surface area contributed by atoms with Gasteiger partial charge in [-0.25, -0.2) is 8.42 Å². The fourth-order valence-corrected chi connectivity index (χ4v) is 3.70. The van der Waals surface area contributed by atoms with Crippen molar-refractivity contribution < 1.29 is 23.4 Å². The Kier molecular flexibility index (Phi) is 4.26. The van der Waals surface area contributed by atoms with Crippen LogP contribution in [-0.2, 0) is 14.8 Å². The number of carboxylic acids is 1. The van der Waals surface area contributed by atoms with E-state index < -0.39 is 28.1 Å². The molecule has 0 aromatic carbocycles. The second-order valence-corrected chi connectivity index (χ2v) is 6.77. The number of aliphatic hydroxyl groups excluding tert-OH is 1. The zero-order chi connectivity index (χ0) is 13.2. The summed E-state index contributed by atoms with van der Waals surface area (Å²) >= 11 is 1.04. The van der Waals surface area contributed by atoms with Crippen LogP contribution >= 0.6 is 11.3 Å². The number of aliphatic carboxylic acids is 1. The van der Waals surface area contributed by atoms with Crippen molar-refractivity contribution in [1.82, 2.24) is 4.72 Å². The standard InChI is InChI=1S/C9H13NO5S2/c1-5-3-4-7(16-5)17(14,15)10-8(6(2)11)9(12)13/h3-4,6,8,10-11H,1-2H3,(H,12,13)/t6-,8+/m1/s1. The van der Waals surface area contributed by atoms with Gasteiger partial charge in [-0.05, 0) is 26.0 Å². The van der Waals surface area contributed by atoms with E-state index in [2.05, 4.69) is 0 Å². The first-order chi connectivity index (χ1) is 7.74. The third-order valence-electron chi connectivity index (χ3n) is 2.01. The summed E-state index contributed by atoms with van der Waals surface area (Å²) in [5, 5.41) is 18.0. The largest absolute Gasteiger partial charge is 0.480 e. The summed E-state index contributed by atoms with van der Waals surface area (Å²) in [6, 6.07) is 1.46. The predicted octanol–water partition coefficient (Wildman–Crippen LogP) is 0.169. The van der Waals surface area contributed by atoms with Crippen molar-refractivity contribution in [2.45, 2.75) is 30.2 Å². The summed E-state index contributed by atoms with van der Waals surface area (Å²) in [7, 11) is -3.90. The van der Waals surface area contributed by atoms with Gasteiger partial charge < -0.3 is 10.2 Å². The van der Waals surface area contributed by atoms with Crippen molar-refractivity contribution in [2.75, 3.05) is 0 Å². The van der Waals surface area contributed by atoms with Crippen molar-refractivity contribution in [2.24, 2.45) is 0 Å². The minimum absolute atomic E-state index is 0.0295. The Labute approximate surface area is 103 Å². The molecule has 0 bridgehead atoms. The highest BCUT2D eigenvalue weighted by molar-refractivity contribution is 7.91. The molecule has 0 amide bonds. The highest BCUT2D eigenvalue weighted by Gasteiger charge is 2.29. The average Bonchev–Trinajstić information content (AvgIpc) is 2.61. The van der Waals surface area contributed by atoms with Crippen molar-refractivity contribution >= 4 is 27.3 Å². The molecule has 1 heterocycles. The number of aliphatic hydroxyl groups is 1. The lowest BCUT2D eigenvalue weighted by Crippen LogP contribution is -2.47. The lowest BCUT2D eigenvalue weighted by atomic mass is 10.2. The molecule has 0 unspecified atom stereocenters. The van der Waals surface area contributed by atoms with Crippen LogP contribution in [-0.4, -0.2) is 36.7 Å². The fraction of sp³-hybridized carbons (Fsp3) is 0.444. The zero-order valence-electron chi connectivity index (χ0n) is 9.25. The molecule has 2 atom stereocenters. The van der Waals surface area contributed by atoms with E-state index in [-0.39, 0.29) is 4.21 Å². The molecule has 3 N–H and O–H groups in total. The van der Waals surface area contributed by atoms with E-state index in [1.165, 1.54) is 13.0 Å². The maximum Gasteiger partial charge on any atom is 0.324 e. The SMILES string of the molecule is Cc1ccc(S(=O)(=O)N[C@H](C(=O)O)[C@@H](C)O)s1. The third kappa shape index (κ3) is 3.50. The average molecular weight is 279 g/mol. The Balaban J connectivity index is 2.97. The smallest absolute Gasteiger partial charge is 0.324 e. The predicted molar refractivity (Wildman–Crippen MR) is 62.5 cm³/mol. The molecule has 17 heavy (non-hydrogen) atoms. The first-order valence-electron chi connectivity index (χ1n) is 4.73. The Morgan fingerprint density at radius 1 is 1.47 bits per heavy atom. The lowest BCUT2D eigenvalue weighted by molar-refractivity contribution is -0.141. The molecule has 1 aromatic heterocycles. The van der Waals surface area contributed by atoms with Crippen LogP contribution in [0.5, 0.6) is 0 Å². The number of carboxylic acid groups (broad SMARTS) is 1. The summed E-state index contributed by atoms with van der Waals surface area (Å²) < 4.78 is 25.6. The van der Waals surface area contributed by atoms with Gasteiger partial charge in [0.05, 0.1) is 6.10 Å². The molecule has 0 aliphatic carbocycles. The van der Waals surface area contributed by atoms with Crippen LogP contribution in [0.2, 0.25) is 0 Å². The molecule has 6 nitrogen and oxygen atoms in total. The van der Waals surface area contributed by atoms with Crippen molar-refractivity contribution in [1.29, 1.82) is 0 Å². The molecule has 0 fully saturated rings. The molecular weight excluding hydrogens is 266 g/mol. The van der Waals surface area contributed by atoms with Crippen LogP contribution in [0.3, 0.4) is 0 Å². The Hall–Kier alpha value is -0.960. The van der Waals surface area contributed by atoms with E-state index in [1.54, 1.807) is 13.0 Å². The van der Waals surface area contributed by atoms with Crippen molar-refractivity contribution in [3.8, 4) is 0 Å². The molecule has 0 aliphatic rings. The molecule has 0 saturated heterocycles. The molecular formula is C9H13NO5S2. The normalized spacial score (nSPS) is 15.5. The minimum atomic E-state index is -3.90. The van der Waals surface area contributed by atoms with Gasteiger partial charge in [-0.15, -0.1) is 11.3 Å². The molecule has 96 valence electrons. The highest BCUT2D eigenvalue weighted by atomic mass is 32.2. The quantitative estimate of drug-likeness (QED) is 0.712. The molecule has 1 aromatic rings. The maximum atomic E-state index is 11.8. The van der Waals surface area contributed by atoms with Gasteiger partial charge in [0.15, 0.2) is 0 Å². The molecule has 0 aliphatic heterocycles. The van der Waals surface area contributed by atoms with Crippen LogP contribution in [0.1, 0.15) is 11.8 Å². The van der Waals surface area contributed by atoms with Gasteiger partial charge in [0.1, 0.15) is 10.3 Å². The third-order valence-corrected chi connectivity index (χ3v) is 4.94. The molecule has 0 saturated carbocycles. The summed E-state index contributed by atoms with van der Waals surface area (Å²) in [6.45, 7) is 2.95. The van der Waals surface area contributed by atoms with Gasteiger partial charge in [-0.2, -0.15) is 4.72 Å². The van der Waals surface area contributed by atoms with Gasteiger partial charge in [0.2, 0.25) is 0 Å². The molecule has 0 spiro atoms. The fourth-order valence-electron chi connectivity index (χ4n) is 1.14. The van der Waals surface area contributed by atoms with E-state index in [9.17, 15) is 18.3 Å². The first-order valence-corrected chi connectivity index (χ1v) is 7.03. The Bertz CT molecular complexity index is 505. The van der Waals surface area contributed by atoms with E-state index in [0.29, 0.717) is 0 Å². The number of aryl methyl sites for hydroxylation is 1. The summed E-state index contributed by atoms with van der Waals surface area (Å²) in [5.74, 6) is -1.42. The summed E-state index contributed by atoms with van der Waals surface area (Å²) in [6.07, 6.45) is -1.32. The van der Waals surface area contributed by atoms with Gasteiger partial charge >= 0.3 is 5.97 Å². The van der Waals surface area contributed by atoms with Gasteiger partial charge in [-0.1, -0.05) is 0 Å². The van der Waals surface area contributed by atoms with Crippen molar-refractivity contribution in [3.63, 3.8) is 0 Å². The van der Waals surface area contributed by atoms with Gasteiger partial charge in [0, 0.05) is 4.88 Å². The molecule has 1 rings (SSSR count). The van der Waals surface area contributed by atoms with Crippen LogP contribution in [0, 0.1) is 6.92 Å². The number of sulfonamides is 1. The Morgan fingerprint density at radius 3 is 2.41 bits per heavy atom. The maximum absolute atomic E-state index is 11.8. The second-order valence-electron chi connectivity index (χ2n) is 3.54. The zero-order valence-corrected chi connectivity index (χ0v) is 10.9. The van der Waals surface area contributed by atoms with E-state index in [4.69, 9.17) is 5.11 Å². The number of hydrogen-bond acceptors (Lipinski definition) is 5. The van der Waals surface area contributed by atoms with Crippen LogP contribution in [0.4, 0.5) is 0 Å². The van der Waals surface area contributed by atoms with Gasteiger partial charge in [0.25, 0.3) is 10.0 Å². The highest BCUT2D eigenvalue weighted by Crippen LogP contribution is 2.20. The van der Waals surface area contributed by atoms with E-state index in [0.717, 1.165) is 16.2 Å². The monoisotopic (exact) mass is 279 g/mol. The van der Waals surface area contributed by atoms with Gasteiger partial charge in [-0.3, -0.25) is 4.79 Å². The second kappa shape index (κ2) is 5.13. The molecule has 8 heteroatoms. The number of rotatable bonds is 5. The number of hydrogen-bond donors (Lipinski definition) is 3. The van der Waals surface area contributed by atoms with Crippen molar-refractivity contribution in [3.05, 3.63) is 17.0 Å². The Morgan fingerprint density at radius 2 is 2.06 bits per heavy atom. The van der Waals surface area contributed by atoms with Crippen LogP contribution < -0.4 is 4.72 Å².